The van der Waals surface area contributed by atoms with Crippen molar-refractivity contribution in [1.29, 1.82) is 0 Å². The van der Waals surface area contributed by atoms with Crippen LogP contribution in [-0.4, -0.2) is 9.97 Å². The quantitative estimate of drug-likeness (QED) is 0.749. The molecule has 0 N–H and O–H groups in total. The summed E-state index contributed by atoms with van der Waals surface area (Å²) in [5.74, 6) is 0. The summed E-state index contributed by atoms with van der Waals surface area (Å²) in [5, 5.41) is 0.426. The Labute approximate surface area is 100 Å². The van der Waals surface area contributed by atoms with Crippen LogP contribution in [0.2, 0.25) is 5.15 Å². The summed E-state index contributed by atoms with van der Waals surface area (Å²) in [5.41, 5.74) is 5.66. The number of aromatic nitrogens is 2. The molecule has 0 unspecified atom stereocenters. The van der Waals surface area contributed by atoms with Gasteiger partial charge in [0.1, 0.15) is 5.15 Å². The maximum absolute atomic E-state index is 5.84. The molecule has 1 aromatic carbocycles. The van der Waals surface area contributed by atoms with Crippen LogP contribution in [0.5, 0.6) is 0 Å². The first-order chi connectivity index (χ1) is 7.58. The third-order valence-corrected chi connectivity index (χ3v) is 2.90. The lowest BCUT2D eigenvalue weighted by molar-refractivity contribution is 1.19. The van der Waals surface area contributed by atoms with E-state index >= 15 is 0 Å². The second-order valence-corrected chi connectivity index (χ2v) is 4.37. The molecule has 0 atom stereocenters. The van der Waals surface area contributed by atoms with Gasteiger partial charge in [0.25, 0.3) is 0 Å². The maximum Gasteiger partial charge on any atom is 0.148 e. The van der Waals surface area contributed by atoms with Gasteiger partial charge in [-0.15, -0.1) is 0 Å². The summed E-state index contributed by atoms with van der Waals surface area (Å²) in [6.45, 7) is 6.27. The van der Waals surface area contributed by atoms with E-state index in [9.17, 15) is 0 Å². The highest BCUT2D eigenvalue weighted by Crippen LogP contribution is 2.25. The Hall–Kier alpha value is -1.41. The zero-order valence-electron chi connectivity index (χ0n) is 9.58. The third kappa shape index (κ3) is 2.07. The lowest BCUT2D eigenvalue weighted by atomic mass is 9.99. The first-order valence-corrected chi connectivity index (χ1v) is 5.51. The SMILES string of the molecule is Cc1cc(C)c(-c2cncc(Cl)n2)cc1C. The minimum absolute atomic E-state index is 0.426. The van der Waals surface area contributed by atoms with Gasteiger partial charge in [-0.25, -0.2) is 4.98 Å². The van der Waals surface area contributed by atoms with E-state index in [2.05, 4.69) is 42.9 Å². The molecule has 2 nitrogen and oxygen atoms in total. The van der Waals surface area contributed by atoms with Crippen LogP contribution in [0.1, 0.15) is 16.7 Å². The standard InChI is InChI=1S/C13H13ClN2/c1-8-4-10(3)11(5-9(8)2)12-6-15-7-13(14)16-12/h4-7H,1-3H3. The van der Waals surface area contributed by atoms with Gasteiger partial charge in [0, 0.05) is 5.56 Å². The molecular weight excluding hydrogens is 220 g/mol. The molecule has 0 saturated carbocycles. The summed E-state index contributed by atoms with van der Waals surface area (Å²) in [6.07, 6.45) is 3.28. The molecule has 0 spiro atoms. The lowest BCUT2D eigenvalue weighted by Crippen LogP contribution is -1.92. The molecule has 0 radical (unpaired) electrons. The molecule has 0 aliphatic heterocycles. The maximum atomic E-state index is 5.84. The van der Waals surface area contributed by atoms with Gasteiger partial charge in [-0.2, -0.15) is 0 Å². The van der Waals surface area contributed by atoms with Gasteiger partial charge in [-0.05, 0) is 43.5 Å². The Morgan fingerprint density at radius 2 is 1.62 bits per heavy atom. The highest BCUT2D eigenvalue weighted by Gasteiger charge is 2.06. The highest BCUT2D eigenvalue weighted by molar-refractivity contribution is 6.29. The Morgan fingerprint density at radius 3 is 2.31 bits per heavy atom. The summed E-state index contributed by atoms with van der Waals surface area (Å²) < 4.78 is 0. The van der Waals surface area contributed by atoms with Crippen LogP contribution in [0, 0.1) is 20.8 Å². The molecule has 0 aliphatic rings. The fourth-order valence-electron chi connectivity index (χ4n) is 1.71. The Bertz CT molecular complexity index is 535. The summed E-state index contributed by atoms with van der Waals surface area (Å²) in [7, 11) is 0. The number of hydrogen-bond donors (Lipinski definition) is 0. The first kappa shape index (κ1) is 11.1. The van der Waals surface area contributed by atoms with E-state index in [-0.39, 0.29) is 0 Å². The molecule has 0 fully saturated rings. The van der Waals surface area contributed by atoms with Gasteiger partial charge in [0.15, 0.2) is 0 Å². The molecule has 0 bridgehead atoms. The fraction of sp³-hybridized carbons (Fsp3) is 0.231. The van der Waals surface area contributed by atoms with Crippen molar-refractivity contribution in [3.8, 4) is 11.3 Å². The van der Waals surface area contributed by atoms with E-state index in [1.54, 1.807) is 12.4 Å². The number of halogens is 1. The normalized spacial score (nSPS) is 10.5. The van der Waals surface area contributed by atoms with Crippen LogP contribution in [0.25, 0.3) is 11.3 Å². The zero-order valence-corrected chi connectivity index (χ0v) is 10.3. The van der Waals surface area contributed by atoms with Crippen molar-refractivity contribution in [3.05, 3.63) is 46.4 Å². The van der Waals surface area contributed by atoms with Crippen molar-refractivity contribution in [2.75, 3.05) is 0 Å². The van der Waals surface area contributed by atoms with Gasteiger partial charge in [-0.1, -0.05) is 17.7 Å². The predicted molar refractivity (Wildman–Crippen MR) is 66.7 cm³/mol. The van der Waals surface area contributed by atoms with E-state index < -0.39 is 0 Å². The Balaban J connectivity index is 2.60. The molecule has 2 aromatic rings. The van der Waals surface area contributed by atoms with E-state index in [0.29, 0.717) is 5.15 Å². The van der Waals surface area contributed by atoms with Crippen LogP contribution >= 0.6 is 11.6 Å². The monoisotopic (exact) mass is 232 g/mol. The van der Waals surface area contributed by atoms with Gasteiger partial charge in [0.05, 0.1) is 18.1 Å². The average molecular weight is 233 g/mol. The van der Waals surface area contributed by atoms with Crippen LogP contribution in [0.3, 0.4) is 0 Å². The van der Waals surface area contributed by atoms with Crippen molar-refractivity contribution in [2.24, 2.45) is 0 Å². The number of benzene rings is 1. The van der Waals surface area contributed by atoms with Gasteiger partial charge in [0.2, 0.25) is 0 Å². The molecule has 0 aliphatic carbocycles. The van der Waals surface area contributed by atoms with Gasteiger partial charge in [-0.3, -0.25) is 4.98 Å². The van der Waals surface area contributed by atoms with Crippen molar-refractivity contribution in [3.63, 3.8) is 0 Å². The molecule has 2 rings (SSSR count). The van der Waals surface area contributed by atoms with Crippen LogP contribution < -0.4 is 0 Å². The van der Waals surface area contributed by atoms with E-state index in [1.165, 1.54) is 16.7 Å². The van der Waals surface area contributed by atoms with Crippen molar-refractivity contribution < 1.29 is 0 Å². The average Bonchev–Trinajstić information content (AvgIpc) is 2.23. The molecule has 1 aromatic heterocycles. The number of nitrogens with zero attached hydrogens (tertiary/aromatic N) is 2. The molecule has 0 saturated heterocycles. The predicted octanol–water partition coefficient (Wildman–Crippen LogP) is 3.72. The van der Waals surface area contributed by atoms with Gasteiger partial charge < -0.3 is 0 Å². The number of rotatable bonds is 1. The first-order valence-electron chi connectivity index (χ1n) is 5.13. The van der Waals surface area contributed by atoms with Crippen molar-refractivity contribution >= 4 is 11.6 Å². The molecule has 82 valence electrons. The molecule has 1 heterocycles. The van der Waals surface area contributed by atoms with Crippen molar-refractivity contribution in [2.45, 2.75) is 20.8 Å². The number of aryl methyl sites for hydroxylation is 3. The molecule has 0 amide bonds. The summed E-state index contributed by atoms with van der Waals surface area (Å²) in [4.78, 5) is 8.34. The smallest absolute Gasteiger partial charge is 0.148 e. The zero-order chi connectivity index (χ0) is 11.7. The van der Waals surface area contributed by atoms with Gasteiger partial charge >= 0.3 is 0 Å². The number of hydrogen-bond acceptors (Lipinski definition) is 2. The largest absolute Gasteiger partial charge is 0.259 e. The Morgan fingerprint density at radius 1 is 0.938 bits per heavy atom. The fourth-order valence-corrected chi connectivity index (χ4v) is 1.86. The molecular formula is C13H13ClN2. The second-order valence-electron chi connectivity index (χ2n) is 3.98. The minimum atomic E-state index is 0.426. The minimum Gasteiger partial charge on any atom is -0.259 e. The third-order valence-electron chi connectivity index (χ3n) is 2.72. The lowest BCUT2D eigenvalue weighted by Gasteiger charge is -2.09. The molecule has 16 heavy (non-hydrogen) atoms. The topological polar surface area (TPSA) is 25.8 Å². The van der Waals surface area contributed by atoms with E-state index in [4.69, 9.17) is 11.6 Å². The van der Waals surface area contributed by atoms with Crippen LogP contribution in [0.15, 0.2) is 24.5 Å². The van der Waals surface area contributed by atoms with Crippen LogP contribution in [0.4, 0.5) is 0 Å². The second kappa shape index (κ2) is 4.22. The molecule has 3 heteroatoms. The van der Waals surface area contributed by atoms with E-state index in [1.807, 2.05) is 0 Å². The Kier molecular flexibility index (Phi) is 2.92. The summed E-state index contributed by atoms with van der Waals surface area (Å²) >= 11 is 5.84. The van der Waals surface area contributed by atoms with Crippen molar-refractivity contribution in [1.82, 2.24) is 9.97 Å². The highest BCUT2D eigenvalue weighted by atomic mass is 35.5. The van der Waals surface area contributed by atoms with Crippen LogP contribution in [-0.2, 0) is 0 Å². The summed E-state index contributed by atoms with van der Waals surface area (Å²) in [6, 6.07) is 4.29. The van der Waals surface area contributed by atoms with E-state index in [0.717, 1.165) is 11.3 Å².